The van der Waals surface area contributed by atoms with Crippen molar-refractivity contribution in [3.8, 4) is 0 Å². The maximum Gasteiger partial charge on any atom is 0.223 e. The Morgan fingerprint density at radius 2 is 1.80 bits per heavy atom. The molecule has 2 N–H and O–H groups in total. The van der Waals surface area contributed by atoms with Crippen LogP contribution in [0, 0.1) is 5.92 Å². The van der Waals surface area contributed by atoms with Gasteiger partial charge in [-0.05, 0) is 45.2 Å². The topological polar surface area (TPSA) is 41.1 Å². The molecule has 15 heavy (non-hydrogen) atoms. The molecule has 3 heteroatoms. The van der Waals surface area contributed by atoms with Crippen LogP contribution in [0.3, 0.4) is 0 Å². The summed E-state index contributed by atoms with van der Waals surface area (Å²) in [7, 11) is 0. The molecule has 0 aromatic rings. The zero-order valence-corrected chi connectivity index (χ0v) is 9.43. The van der Waals surface area contributed by atoms with E-state index in [-0.39, 0.29) is 0 Å². The van der Waals surface area contributed by atoms with Crippen LogP contribution in [0.2, 0.25) is 0 Å². The summed E-state index contributed by atoms with van der Waals surface area (Å²) in [6.07, 6.45) is 8.13. The summed E-state index contributed by atoms with van der Waals surface area (Å²) in [5, 5.41) is 6.59. The van der Waals surface area contributed by atoms with E-state index in [1.165, 1.54) is 19.3 Å². The predicted molar refractivity (Wildman–Crippen MR) is 60.6 cm³/mol. The third-order valence-electron chi connectivity index (χ3n) is 3.65. The van der Waals surface area contributed by atoms with E-state index in [9.17, 15) is 4.79 Å². The van der Waals surface area contributed by atoms with E-state index in [4.69, 9.17) is 0 Å². The molecule has 2 rings (SSSR count). The Bertz CT molecular complexity index is 204. The molecule has 1 amide bonds. The van der Waals surface area contributed by atoms with Crippen LogP contribution in [0.1, 0.15) is 44.9 Å². The number of carbonyl (C=O) groups excluding carboxylic acids is 1. The molecule has 1 unspecified atom stereocenters. The van der Waals surface area contributed by atoms with E-state index >= 15 is 0 Å². The molecule has 1 aliphatic carbocycles. The monoisotopic (exact) mass is 210 g/mol. The van der Waals surface area contributed by atoms with Crippen LogP contribution < -0.4 is 10.6 Å². The smallest absolute Gasteiger partial charge is 0.223 e. The van der Waals surface area contributed by atoms with E-state index in [1.54, 1.807) is 0 Å². The van der Waals surface area contributed by atoms with E-state index < -0.39 is 0 Å². The molecular formula is C12H22N2O. The second kappa shape index (κ2) is 5.50. The largest absolute Gasteiger partial charge is 0.353 e. The molecule has 2 fully saturated rings. The first-order valence-corrected chi connectivity index (χ1v) is 6.37. The summed E-state index contributed by atoms with van der Waals surface area (Å²) in [4.78, 5) is 11.9. The number of nitrogens with one attached hydrogen (secondary N) is 2. The highest BCUT2D eigenvalue weighted by Gasteiger charge is 2.24. The van der Waals surface area contributed by atoms with Crippen molar-refractivity contribution in [3.63, 3.8) is 0 Å². The van der Waals surface area contributed by atoms with Gasteiger partial charge in [-0.3, -0.25) is 4.79 Å². The maximum atomic E-state index is 11.9. The Balaban J connectivity index is 1.76. The number of rotatable bonds is 2. The lowest BCUT2D eigenvalue weighted by Crippen LogP contribution is -2.38. The summed E-state index contributed by atoms with van der Waals surface area (Å²) < 4.78 is 0. The highest BCUT2D eigenvalue weighted by molar-refractivity contribution is 5.79. The van der Waals surface area contributed by atoms with Crippen molar-refractivity contribution in [3.05, 3.63) is 0 Å². The average molecular weight is 210 g/mol. The van der Waals surface area contributed by atoms with Gasteiger partial charge in [-0.15, -0.1) is 0 Å². The minimum atomic E-state index is 0.319. The number of carbonyl (C=O) groups is 1. The zero-order valence-electron chi connectivity index (χ0n) is 9.43. The molecule has 2 aliphatic rings. The Morgan fingerprint density at radius 1 is 1.00 bits per heavy atom. The lowest BCUT2D eigenvalue weighted by Gasteiger charge is -2.18. The Morgan fingerprint density at radius 3 is 2.60 bits per heavy atom. The molecule has 1 heterocycles. The molecular weight excluding hydrogens is 188 g/mol. The lowest BCUT2D eigenvalue weighted by molar-refractivity contribution is -0.125. The highest BCUT2D eigenvalue weighted by atomic mass is 16.1. The van der Waals surface area contributed by atoms with E-state index in [0.717, 1.165) is 38.8 Å². The molecule has 0 bridgehead atoms. The number of amides is 1. The van der Waals surface area contributed by atoms with E-state index in [0.29, 0.717) is 17.9 Å². The fraction of sp³-hybridized carbons (Fsp3) is 0.917. The first-order valence-electron chi connectivity index (χ1n) is 6.37. The van der Waals surface area contributed by atoms with Gasteiger partial charge in [0.2, 0.25) is 5.91 Å². The van der Waals surface area contributed by atoms with Gasteiger partial charge in [0.1, 0.15) is 0 Å². The molecule has 1 saturated carbocycles. The molecule has 1 atom stereocenters. The van der Waals surface area contributed by atoms with Crippen molar-refractivity contribution in [1.82, 2.24) is 10.6 Å². The molecule has 3 nitrogen and oxygen atoms in total. The molecule has 0 spiro atoms. The summed E-state index contributed by atoms with van der Waals surface area (Å²) in [6.45, 7) is 2.16. The van der Waals surface area contributed by atoms with Crippen LogP contribution in [0.4, 0.5) is 0 Å². The van der Waals surface area contributed by atoms with Crippen LogP contribution in [-0.2, 0) is 4.79 Å². The van der Waals surface area contributed by atoms with E-state index in [1.807, 2.05) is 0 Å². The molecule has 1 aliphatic heterocycles. The summed E-state index contributed by atoms with van der Waals surface area (Å²) in [5.74, 6) is 0.639. The third kappa shape index (κ3) is 3.20. The van der Waals surface area contributed by atoms with Crippen molar-refractivity contribution in [1.29, 1.82) is 0 Å². The van der Waals surface area contributed by atoms with Crippen LogP contribution in [0.15, 0.2) is 0 Å². The molecule has 0 radical (unpaired) electrons. The maximum absolute atomic E-state index is 11.9. The minimum Gasteiger partial charge on any atom is -0.353 e. The second-order valence-corrected chi connectivity index (χ2v) is 4.87. The average Bonchev–Trinajstić information content (AvgIpc) is 2.65. The minimum absolute atomic E-state index is 0.319. The standard InChI is InChI=1S/C12H22N2O/c15-12(10-4-1-2-5-10)14-11-6-3-8-13-9-7-11/h10-11,13H,1-9H2,(H,14,15). The second-order valence-electron chi connectivity index (χ2n) is 4.87. The van der Waals surface area contributed by atoms with Crippen molar-refractivity contribution < 1.29 is 4.79 Å². The quantitative estimate of drug-likeness (QED) is 0.724. The van der Waals surface area contributed by atoms with Crippen molar-refractivity contribution in [2.45, 2.75) is 51.0 Å². The molecule has 0 aromatic carbocycles. The Labute approximate surface area is 92.0 Å². The van der Waals surface area contributed by atoms with Gasteiger partial charge in [-0.25, -0.2) is 0 Å². The van der Waals surface area contributed by atoms with E-state index in [2.05, 4.69) is 10.6 Å². The van der Waals surface area contributed by atoms with Gasteiger partial charge in [0.25, 0.3) is 0 Å². The number of hydrogen-bond donors (Lipinski definition) is 2. The Hall–Kier alpha value is -0.570. The molecule has 0 aromatic heterocycles. The van der Waals surface area contributed by atoms with Crippen LogP contribution in [0.25, 0.3) is 0 Å². The van der Waals surface area contributed by atoms with Gasteiger partial charge in [0, 0.05) is 12.0 Å². The van der Waals surface area contributed by atoms with Gasteiger partial charge >= 0.3 is 0 Å². The summed E-state index contributed by atoms with van der Waals surface area (Å²) in [6, 6.07) is 0.424. The highest BCUT2D eigenvalue weighted by Crippen LogP contribution is 2.25. The van der Waals surface area contributed by atoms with Gasteiger partial charge in [0.05, 0.1) is 0 Å². The van der Waals surface area contributed by atoms with Crippen LogP contribution >= 0.6 is 0 Å². The predicted octanol–water partition coefficient (Wildman–Crippen LogP) is 1.43. The Kier molecular flexibility index (Phi) is 4.01. The summed E-state index contributed by atoms with van der Waals surface area (Å²) in [5.41, 5.74) is 0. The fourth-order valence-electron chi connectivity index (χ4n) is 2.67. The van der Waals surface area contributed by atoms with Crippen LogP contribution in [0.5, 0.6) is 0 Å². The van der Waals surface area contributed by atoms with Gasteiger partial charge in [-0.2, -0.15) is 0 Å². The fourth-order valence-corrected chi connectivity index (χ4v) is 2.67. The SMILES string of the molecule is O=C(NC1CCCNCC1)C1CCCC1. The first-order chi connectivity index (χ1) is 7.36. The van der Waals surface area contributed by atoms with Gasteiger partial charge in [0.15, 0.2) is 0 Å². The first kappa shape index (κ1) is 10.9. The molecule has 1 saturated heterocycles. The number of hydrogen-bond acceptors (Lipinski definition) is 2. The molecule has 86 valence electrons. The summed E-state index contributed by atoms with van der Waals surface area (Å²) >= 11 is 0. The third-order valence-corrected chi connectivity index (χ3v) is 3.65. The van der Waals surface area contributed by atoms with Gasteiger partial charge in [-0.1, -0.05) is 12.8 Å². The normalized spacial score (nSPS) is 28.7. The zero-order chi connectivity index (χ0) is 10.5. The lowest BCUT2D eigenvalue weighted by atomic mass is 10.0. The van der Waals surface area contributed by atoms with Gasteiger partial charge < -0.3 is 10.6 Å². The van der Waals surface area contributed by atoms with Crippen molar-refractivity contribution >= 4 is 5.91 Å². The van der Waals surface area contributed by atoms with Crippen LogP contribution in [-0.4, -0.2) is 25.0 Å². The van der Waals surface area contributed by atoms with Crippen molar-refractivity contribution in [2.24, 2.45) is 5.92 Å². The van der Waals surface area contributed by atoms with Crippen molar-refractivity contribution in [2.75, 3.05) is 13.1 Å².